The monoisotopic (exact) mass is 349 g/mol. The third kappa shape index (κ3) is 3.57. The van der Waals surface area contributed by atoms with E-state index in [1.54, 1.807) is 13.2 Å². The highest BCUT2D eigenvalue weighted by Gasteiger charge is 2.18. The number of hydrogen-bond donors (Lipinski definition) is 2. The van der Waals surface area contributed by atoms with Gasteiger partial charge >= 0.3 is 0 Å². The van der Waals surface area contributed by atoms with Gasteiger partial charge in [-0.2, -0.15) is 5.10 Å². The molecule has 0 aliphatic rings. The number of nitrogens with one attached hydrogen (secondary N) is 2. The van der Waals surface area contributed by atoms with Crippen LogP contribution >= 0.6 is 11.3 Å². The molecule has 0 unspecified atom stereocenters. The average molecular weight is 349 g/mol. The van der Waals surface area contributed by atoms with Crippen molar-refractivity contribution in [1.82, 2.24) is 14.8 Å². The lowest BCUT2D eigenvalue weighted by atomic mass is 10.2. The van der Waals surface area contributed by atoms with Gasteiger partial charge < -0.3 is 5.32 Å². The van der Waals surface area contributed by atoms with Crippen LogP contribution < -0.4 is 10.6 Å². The Labute approximate surface area is 140 Å². The Kier molecular flexibility index (Phi) is 4.26. The van der Waals surface area contributed by atoms with E-state index < -0.39 is 17.5 Å². The van der Waals surface area contributed by atoms with E-state index in [0.717, 1.165) is 23.9 Å². The first kappa shape index (κ1) is 16.1. The number of hydrogen-bond acceptors (Lipinski definition) is 5. The molecule has 2 N–H and O–H groups in total. The molecule has 0 aliphatic carbocycles. The number of aryl methyl sites for hydroxylation is 2. The minimum absolute atomic E-state index is 0.0926. The van der Waals surface area contributed by atoms with Crippen LogP contribution in [-0.4, -0.2) is 20.7 Å². The van der Waals surface area contributed by atoms with Crippen molar-refractivity contribution >= 4 is 33.8 Å². The van der Waals surface area contributed by atoms with Crippen LogP contribution in [0.2, 0.25) is 0 Å². The molecule has 0 saturated carbocycles. The lowest BCUT2D eigenvalue weighted by molar-refractivity contribution is 0.102. The Morgan fingerprint density at radius 2 is 1.96 bits per heavy atom. The number of thiazole rings is 1. The van der Waals surface area contributed by atoms with Crippen LogP contribution in [0.15, 0.2) is 29.8 Å². The summed E-state index contributed by atoms with van der Waals surface area (Å²) in [7, 11) is 1.64. The number of benzene rings is 1. The first-order chi connectivity index (χ1) is 11.4. The van der Waals surface area contributed by atoms with E-state index in [0.29, 0.717) is 10.8 Å². The summed E-state index contributed by atoms with van der Waals surface area (Å²) in [5.41, 5.74) is 1.40. The molecule has 0 saturated heterocycles. The number of anilines is 3. The topological polar surface area (TPSA) is 71.8 Å². The lowest BCUT2D eigenvalue weighted by Crippen LogP contribution is -2.14. The van der Waals surface area contributed by atoms with E-state index in [1.807, 2.05) is 12.3 Å². The second kappa shape index (κ2) is 6.36. The second-order valence-electron chi connectivity index (χ2n) is 5.10. The number of halogens is 2. The summed E-state index contributed by atoms with van der Waals surface area (Å²) >= 11 is 1.30. The quantitative estimate of drug-likeness (QED) is 0.757. The summed E-state index contributed by atoms with van der Waals surface area (Å²) in [6.45, 7) is 1.82. The van der Waals surface area contributed by atoms with Gasteiger partial charge in [0.05, 0.1) is 11.4 Å². The van der Waals surface area contributed by atoms with Gasteiger partial charge in [0.25, 0.3) is 5.91 Å². The van der Waals surface area contributed by atoms with Crippen molar-refractivity contribution in [2.24, 2.45) is 7.05 Å². The van der Waals surface area contributed by atoms with E-state index in [1.165, 1.54) is 16.0 Å². The fraction of sp³-hybridized carbons (Fsp3) is 0.133. The third-order valence-electron chi connectivity index (χ3n) is 3.02. The second-order valence-corrected chi connectivity index (χ2v) is 5.95. The first-order valence-electron chi connectivity index (χ1n) is 6.91. The summed E-state index contributed by atoms with van der Waals surface area (Å²) in [6.07, 6.45) is 1.55. The number of nitrogens with zero attached hydrogens (tertiary/aromatic N) is 3. The van der Waals surface area contributed by atoms with Crippen molar-refractivity contribution in [1.29, 1.82) is 0 Å². The van der Waals surface area contributed by atoms with Gasteiger partial charge in [-0.25, -0.2) is 13.8 Å². The predicted octanol–water partition coefficient (Wildman–Crippen LogP) is 3.46. The Hall–Kier alpha value is -2.81. The highest BCUT2D eigenvalue weighted by atomic mass is 32.1. The molecule has 1 amide bonds. The molecule has 1 aromatic carbocycles. The van der Waals surface area contributed by atoms with Crippen molar-refractivity contribution in [2.45, 2.75) is 6.92 Å². The van der Waals surface area contributed by atoms with Crippen molar-refractivity contribution in [3.8, 4) is 0 Å². The van der Waals surface area contributed by atoms with Gasteiger partial charge in [-0.05, 0) is 19.1 Å². The Bertz CT molecular complexity index is 885. The number of carbonyl (C=O) groups excluding carboxylic acids is 1. The van der Waals surface area contributed by atoms with Crippen LogP contribution in [-0.2, 0) is 7.05 Å². The maximum atomic E-state index is 13.3. The smallest absolute Gasteiger partial charge is 0.280 e. The molecule has 0 fully saturated rings. The van der Waals surface area contributed by atoms with Crippen LogP contribution in [0.4, 0.5) is 25.3 Å². The van der Waals surface area contributed by atoms with Crippen molar-refractivity contribution in [3.05, 3.63) is 52.8 Å². The van der Waals surface area contributed by atoms with E-state index in [9.17, 15) is 13.6 Å². The fourth-order valence-electron chi connectivity index (χ4n) is 2.10. The zero-order valence-corrected chi connectivity index (χ0v) is 13.6. The van der Waals surface area contributed by atoms with Crippen LogP contribution in [0.25, 0.3) is 0 Å². The zero-order valence-electron chi connectivity index (χ0n) is 12.8. The minimum Gasteiger partial charge on any atom is -0.352 e. The van der Waals surface area contributed by atoms with Gasteiger partial charge in [-0.1, -0.05) is 0 Å². The normalized spacial score (nSPS) is 10.7. The molecule has 0 bridgehead atoms. The van der Waals surface area contributed by atoms with Gasteiger partial charge in [0, 0.05) is 30.4 Å². The van der Waals surface area contributed by atoms with Crippen LogP contribution in [0, 0.1) is 18.6 Å². The summed E-state index contributed by atoms with van der Waals surface area (Å²) in [5.74, 6) is -1.90. The summed E-state index contributed by atoms with van der Waals surface area (Å²) < 4.78 is 28.0. The van der Waals surface area contributed by atoms with Gasteiger partial charge in [0.1, 0.15) is 11.6 Å². The van der Waals surface area contributed by atoms with E-state index in [-0.39, 0.29) is 11.4 Å². The molecule has 6 nitrogen and oxygen atoms in total. The fourth-order valence-corrected chi connectivity index (χ4v) is 2.78. The van der Waals surface area contributed by atoms with Crippen molar-refractivity contribution in [2.75, 3.05) is 10.6 Å². The van der Waals surface area contributed by atoms with Crippen molar-refractivity contribution in [3.63, 3.8) is 0 Å². The summed E-state index contributed by atoms with van der Waals surface area (Å²) in [4.78, 5) is 16.5. The average Bonchev–Trinajstić information content (AvgIpc) is 3.03. The largest absolute Gasteiger partial charge is 0.352 e. The molecule has 124 valence electrons. The SMILES string of the molecule is Cc1csc(NC(=O)c2nn(C)cc2Nc2cc(F)cc(F)c2)n1. The predicted molar refractivity (Wildman–Crippen MR) is 87.7 cm³/mol. The molecular weight excluding hydrogens is 336 g/mol. The molecule has 2 heterocycles. The number of aromatic nitrogens is 3. The molecule has 0 aliphatic heterocycles. The molecule has 0 spiro atoms. The molecular formula is C15H13F2N5OS. The summed E-state index contributed by atoms with van der Waals surface area (Å²) in [6, 6.07) is 3.02. The van der Waals surface area contributed by atoms with Gasteiger partial charge in [-0.15, -0.1) is 11.3 Å². The van der Waals surface area contributed by atoms with E-state index in [2.05, 4.69) is 20.7 Å². The molecule has 3 aromatic rings. The maximum absolute atomic E-state index is 13.3. The minimum atomic E-state index is -0.717. The van der Waals surface area contributed by atoms with Gasteiger partial charge in [0.15, 0.2) is 10.8 Å². The zero-order chi connectivity index (χ0) is 17.3. The molecule has 0 radical (unpaired) electrons. The lowest BCUT2D eigenvalue weighted by Gasteiger charge is -2.06. The Morgan fingerprint density at radius 3 is 2.58 bits per heavy atom. The first-order valence-corrected chi connectivity index (χ1v) is 7.79. The standard InChI is InChI=1S/C15H13F2N5OS/c1-8-7-24-15(18-8)20-14(23)13-12(6-22(2)21-13)19-11-4-9(16)3-10(17)5-11/h3-7,19H,1-2H3,(H,18,20,23). The van der Waals surface area contributed by atoms with E-state index >= 15 is 0 Å². The highest BCUT2D eigenvalue weighted by molar-refractivity contribution is 7.13. The number of carbonyl (C=O) groups is 1. The van der Waals surface area contributed by atoms with Gasteiger partial charge in [0.2, 0.25) is 0 Å². The molecule has 3 rings (SSSR count). The molecule has 24 heavy (non-hydrogen) atoms. The molecule has 9 heteroatoms. The summed E-state index contributed by atoms with van der Waals surface area (Å²) in [5, 5.41) is 11.8. The van der Waals surface area contributed by atoms with Crippen LogP contribution in [0.3, 0.4) is 0 Å². The number of rotatable bonds is 4. The van der Waals surface area contributed by atoms with Crippen LogP contribution in [0.5, 0.6) is 0 Å². The number of amides is 1. The maximum Gasteiger partial charge on any atom is 0.280 e. The van der Waals surface area contributed by atoms with E-state index in [4.69, 9.17) is 0 Å². The van der Waals surface area contributed by atoms with Gasteiger partial charge in [-0.3, -0.25) is 14.8 Å². The highest BCUT2D eigenvalue weighted by Crippen LogP contribution is 2.23. The molecule has 2 aromatic heterocycles. The van der Waals surface area contributed by atoms with Crippen LogP contribution in [0.1, 0.15) is 16.2 Å². The van der Waals surface area contributed by atoms with Crippen molar-refractivity contribution < 1.29 is 13.6 Å². The third-order valence-corrected chi connectivity index (χ3v) is 3.90. The Morgan fingerprint density at radius 1 is 1.25 bits per heavy atom. The Balaban J connectivity index is 1.85. The molecule has 0 atom stereocenters.